The minimum Gasteiger partial charge on any atom is -0.373 e. The van der Waals surface area contributed by atoms with E-state index in [0.717, 1.165) is 31.7 Å². The molecule has 1 saturated carbocycles. The normalized spacial score (nSPS) is 19.2. The number of benzene rings is 1. The van der Waals surface area contributed by atoms with E-state index in [1.807, 2.05) is 6.92 Å². The maximum atomic E-state index is 14.1. The molecule has 20 heavy (non-hydrogen) atoms. The van der Waals surface area contributed by atoms with Gasteiger partial charge in [0.25, 0.3) is 0 Å². The van der Waals surface area contributed by atoms with Crippen LogP contribution in [0.5, 0.6) is 0 Å². The molecule has 5 heteroatoms. The predicted octanol–water partition coefficient (Wildman–Crippen LogP) is 3.71. The first kappa shape index (κ1) is 15.3. The zero-order valence-corrected chi connectivity index (χ0v) is 11.8. The number of hydrogen-bond acceptors (Lipinski definition) is 2. The first-order valence-corrected chi connectivity index (χ1v) is 7.00. The van der Waals surface area contributed by atoms with Gasteiger partial charge in [-0.2, -0.15) is 0 Å². The highest BCUT2D eigenvalue weighted by atomic mass is 19.2. The van der Waals surface area contributed by atoms with E-state index in [0.29, 0.717) is 6.61 Å². The van der Waals surface area contributed by atoms with E-state index in [1.54, 1.807) is 7.05 Å². The number of ether oxygens (including phenoxy) is 1. The summed E-state index contributed by atoms with van der Waals surface area (Å²) in [6.07, 6.45) is 3.54. The van der Waals surface area contributed by atoms with Crippen LogP contribution in [0.2, 0.25) is 0 Å². The molecule has 0 spiro atoms. The van der Waals surface area contributed by atoms with Gasteiger partial charge in [0.1, 0.15) is 0 Å². The predicted molar refractivity (Wildman–Crippen MR) is 70.9 cm³/mol. The van der Waals surface area contributed by atoms with Crippen molar-refractivity contribution in [2.24, 2.45) is 0 Å². The van der Waals surface area contributed by atoms with E-state index >= 15 is 0 Å². The average molecular weight is 287 g/mol. The Morgan fingerprint density at radius 3 is 2.40 bits per heavy atom. The molecule has 2 nitrogen and oxygen atoms in total. The fraction of sp³-hybridized carbons (Fsp3) is 0.600. The molecule has 0 aliphatic heterocycles. The number of halogens is 3. The zero-order chi connectivity index (χ0) is 14.8. The lowest BCUT2D eigenvalue weighted by Crippen LogP contribution is -2.43. The van der Waals surface area contributed by atoms with Gasteiger partial charge in [-0.1, -0.05) is 18.9 Å². The van der Waals surface area contributed by atoms with E-state index in [9.17, 15) is 13.2 Å². The van der Waals surface area contributed by atoms with Crippen molar-refractivity contribution in [2.75, 3.05) is 13.7 Å². The quantitative estimate of drug-likeness (QED) is 0.834. The summed E-state index contributed by atoms with van der Waals surface area (Å²) in [5, 5.41) is 3.02. The maximum Gasteiger partial charge on any atom is 0.194 e. The van der Waals surface area contributed by atoms with Crippen LogP contribution in [0.3, 0.4) is 0 Å². The van der Waals surface area contributed by atoms with Crippen LogP contribution in [-0.2, 0) is 4.74 Å². The van der Waals surface area contributed by atoms with Gasteiger partial charge >= 0.3 is 0 Å². The minimum atomic E-state index is -1.42. The molecule has 0 bridgehead atoms. The number of nitrogens with one attached hydrogen (secondary N) is 1. The summed E-state index contributed by atoms with van der Waals surface area (Å²) in [5.41, 5.74) is -0.420. The van der Waals surface area contributed by atoms with Crippen LogP contribution in [0.25, 0.3) is 0 Å². The van der Waals surface area contributed by atoms with Gasteiger partial charge in [0.05, 0.1) is 11.6 Å². The van der Waals surface area contributed by atoms with E-state index in [4.69, 9.17) is 4.74 Å². The molecule has 0 radical (unpaired) electrons. The smallest absolute Gasteiger partial charge is 0.194 e. The van der Waals surface area contributed by atoms with Crippen LogP contribution in [0, 0.1) is 17.5 Å². The van der Waals surface area contributed by atoms with Gasteiger partial charge in [0.15, 0.2) is 17.5 Å². The molecule has 0 saturated heterocycles. The molecule has 1 atom stereocenters. The maximum absolute atomic E-state index is 14.1. The van der Waals surface area contributed by atoms with Crippen LogP contribution in [0.4, 0.5) is 13.2 Å². The van der Waals surface area contributed by atoms with E-state index in [-0.39, 0.29) is 5.56 Å². The summed E-state index contributed by atoms with van der Waals surface area (Å²) in [4.78, 5) is 0. The van der Waals surface area contributed by atoms with Crippen LogP contribution in [0.1, 0.15) is 44.2 Å². The Kier molecular flexibility index (Phi) is 4.70. The fourth-order valence-electron chi connectivity index (χ4n) is 3.24. The number of rotatable bonds is 5. The molecule has 1 aromatic rings. The van der Waals surface area contributed by atoms with E-state index in [2.05, 4.69) is 5.32 Å². The molecular weight excluding hydrogens is 267 g/mol. The van der Waals surface area contributed by atoms with Crippen molar-refractivity contribution in [1.29, 1.82) is 0 Å². The van der Waals surface area contributed by atoms with Crippen LogP contribution in [0.15, 0.2) is 12.1 Å². The van der Waals surface area contributed by atoms with Crippen molar-refractivity contribution < 1.29 is 17.9 Å². The van der Waals surface area contributed by atoms with Crippen LogP contribution >= 0.6 is 0 Å². The Morgan fingerprint density at radius 1 is 1.20 bits per heavy atom. The van der Waals surface area contributed by atoms with Gasteiger partial charge in [-0.3, -0.25) is 0 Å². The molecule has 1 aromatic carbocycles. The van der Waals surface area contributed by atoms with Crippen molar-refractivity contribution in [3.8, 4) is 0 Å². The molecule has 1 aliphatic rings. The fourth-order valence-corrected chi connectivity index (χ4v) is 3.24. The van der Waals surface area contributed by atoms with Crippen molar-refractivity contribution in [2.45, 2.75) is 44.2 Å². The van der Waals surface area contributed by atoms with E-state index in [1.165, 1.54) is 6.07 Å². The highest BCUT2D eigenvalue weighted by Crippen LogP contribution is 2.43. The largest absolute Gasteiger partial charge is 0.373 e. The first-order valence-electron chi connectivity index (χ1n) is 7.00. The standard InChI is InChI=1S/C15H20F3NO/c1-3-20-15(8-4-5-9-15)14(19-2)10-6-7-11(16)13(18)12(10)17/h6-7,14,19H,3-5,8-9H2,1-2H3. The lowest BCUT2D eigenvalue weighted by molar-refractivity contribution is -0.0618. The summed E-state index contributed by atoms with van der Waals surface area (Å²) in [6, 6.07) is 1.78. The molecular formula is C15H20F3NO. The van der Waals surface area contributed by atoms with Crippen molar-refractivity contribution >= 4 is 0 Å². The second-order valence-electron chi connectivity index (χ2n) is 5.19. The number of likely N-dealkylation sites (N-methyl/N-ethyl adjacent to an activating group) is 1. The van der Waals surface area contributed by atoms with Crippen molar-refractivity contribution in [1.82, 2.24) is 5.32 Å². The first-order chi connectivity index (χ1) is 9.55. The third-order valence-corrected chi connectivity index (χ3v) is 4.07. The van der Waals surface area contributed by atoms with Crippen molar-refractivity contribution in [3.05, 3.63) is 35.1 Å². The summed E-state index contributed by atoms with van der Waals surface area (Å²) < 4.78 is 46.5. The van der Waals surface area contributed by atoms with Gasteiger partial charge in [-0.25, -0.2) is 13.2 Å². The Balaban J connectivity index is 2.43. The minimum absolute atomic E-state index is 0.127. The molecule has 0 aromatic heterocycles. The summed E-state index contributed by atoms with van der Waals surface area (Å²) in [7, 11) is 1.68. The Morgan fingerprint density at radius 2 is 1.85 bits per heavy atom. The molecule has 2 rings (SSSR count). The lowest BCUT2D eigenvalue weighted by Gasteiger charge is -2.37. The molecule has 0 heterocycles. The van der Waals surface area contributed by atoms with Gasteiger partial charge < -0.3 is 10.1 Å². The molecule has 1 unspecified atom stereocenters. The monoisotopic (exact) mass is 287 g/mol. The topological polar surface area (TPSA) is 21.3 Å². The molecule has 1 fully saturated rings. The highest BCUT2D eigenvalue weighted by Gasteiger charge is 2.43. The summed E-state index contributed by atoms with van der Waals surface area (Å²) in [5.74, 6) is -3.72. The van der Waals surface area contributed by atoms with Crippen LogP contribution in [-0.4, -0.2) is 19.3 Å². The van der Waals surface area contributed by atoms with Gasteiger partial charge in [0.2, 0.25) is 0 Å². The second-order valence-corrected chi connectivity index (χ2v) is 5.19. The summed E-state index contributed by atoms with van der Waals surface area (Å²) >= 11 is 0. The molecule has 1 N–H and O–H groups in total. The average Bonchev–Trinajstić information content (AvgIpc) is 2.89. The van der Waals surface area contributed by atoms with Gasteiger partial charge in [0, 0.05) is 12.2 Å². The third-order valence-electron chi connectivity index (χ3n) is 4.07. The summed E-state index contributed by atoms with van der Waals surface area (Å²) in [6.45, 7) is 2.39. The third kappa shape index (κ3) is 2.56. The Hall–Kier alpha value is -1.07. The second kappa shape index (κ2) is 6.14. The van der Waals surface area contributed by atoms with Crippen LogP contribution < -0.4 is 5.32 Å². The van der Waals surface area contributed by atoms with Gasteiger partial charge in [-0.15, -0.1) is 0 Å². The molecule has 1 aliphatic carbocycles. The Labute approximate surface area is 117 Å². The van der Waals surface area contributed by atoms with E-state index < -0.39 is 29.1 Å². The Bertz CT molecular complexity index is 472. The zero-order valence-electron chi connectivity index (χ0n) is 11.8. The van der Waals surface area contributed by atoms with Crippen molar-refractivity contribution in [3.63, 3.8) is 0 Å². The lowest BCUT2D eigenvalue weighted by atomic mass is 9.86. The molecule has 0 amide bonds. The number of hydrogen-bond donors (Lipinski definition) is 1. The molecule has 112 valence electrons. The highest BCUT2D eigenvalue weighted by molar-refractivity contribution is 5.27. The SMILES string of the molecule is CCOC1(C(NC)c2ccc(F)c(F)c2F)CCCC1. The van der Waals surface area contributed by atoms with Gasteiger partial charge in [-0.05, 0) is 32.9 Å².